The van der Waals surface area contributed by atoms with Gasteiger partial charge in [0, 0.05) is 29.3 Å². The molecular weight excluding hydrogens is 266 g/mol. The summed E-state index contributed by atoms with van der Waals surface area (Å²) >= 11 is 0. The molecular formula is C16H17N3O2. The second kappa shape index (κ2) is 5.36. The summed E-state index contributed by atoms with van der Waals surface area (Å²) < 4.78 is 5.32. The summed E-state index contributed by atoms with van der Waals surface area (Å²) in [5.41, 5.74) is 7.99. The van der Waals surface area contributed by atoms with Crippen LogP contribution in [0.1, 0.15) is 23.0 Å². The number of benzene rings is 1. The number of nitrogens with two attached hydrogens (primary N) is 1. The Hall–Kier alpha value is -2.69. The second-order valence-electron chi connectivity index (χ2n) is 4.91. The fourth-order valence-corrected chi connectivity index (χ4v) is 2.40. The van der Waals surface area contributed by atoms with E-state index in [1.165, 1.54) is 0 Å². The molecule has 3 aromatic rings. The molecule has 108 valence electrons. The number of carbonyl (C=O) groups is 1. The van der Waals surface area contributed by atoms with Crippen LogP contribution >= 0.6 is 0 Å². The van der Waals surface area contributed by atoms with Gasteiger partial charge in [0.15, 0.2) is 0 Å². The number of hydrogen-bond acceptors (Lipinski definition) is 3. The van der Waals surface area contributed by atoms with Crippen molar-refractivity contribution in [2.24, 2.45) is 0 Å². The van der Waals surface area contributed by atoms with Crippen molar-refractivity contribution in [1.82, 2.24) is 9.88 Å². The van der Waals surface area contributed by atoms with Crippen LogP contribution in [-0.2, 0) is 6.54 Å². The molecule has 1 aromatic carbocycles. The van der Waals surface area contributed by atoms with Crippen molar-refractivity contribution in [3.05, 3.63) is 54.1 Å². The van der Waals surface area contributed by atoms with E-state index >= 15 is 0 Å². The summed E-state index contributed by atoms with van der Waals surface area (Å²) in [4.78, 5) is 17.6. The molecule has 2 aromatic heterocycles. The predicted octanol–water partition coefficient (Wildman–Crippen LogP) is 3.01. The molecule has 3 rings (SSSR count). The Morgan fingerprint density at radius 1 is 1.38 bits per heavy atom. The Morgan fingerprint density at radius 3 is 2.95 bits per heavy atom. The van der Waals surface area contributed by atoms with E-state index in [2.05, 4.69) is 4.98 Å². The first-order valence-electron chi connectivity index (χ1n) is 6.87. The van der Waals surface area contributed by atoms with Crippen LogP contribution in [0.2, 0.25) is 0 Å². The number of hydrogen-bond donors (Lipinski definition) is 2. The third-order valence-corrected chi connectivity index (χ3v) is 3.53. The maximum absolute atomic E-state index is 12.7. The standard InChI is InChI=1S/C16H17N3O2/c1-2-19(10-12-4-3-7-21-12)16(20)14-9-18-15-6-5-11(17)8-13(14)15/h3-9,18H,2,10,17H2,1H3. The number of fused-ring (bicyclic) bond motifs is 1. The summed E-state index contributed by atoms with van der Waals surface area (Å²) in [6.07, 6.45) is 3.34. The Kier molecular flexibility index (Phi) is 3.39. The summed E-state index contributed by atoms with van der Waals surface area (Å²) in [5.74, 6) is 0.732. The SMILES string of the molecule is CCN(Cc1ccco1)C(=O)c1c[nH]c2ccc(N)cc12. The van der Waals surface area contributed by atoms with Gasteiger partial charge < -0.3 is 20.0 Å². The number of carbonyl (C=O) groups excluding carboxylic acids is 1. The number of furan rings is 1. The summed E-state index contributed by atoms with van der Waals surface area (Å²) in [6.45, 7) is 3.01. The molecule has 0 saturated heterocycles. The van der Waals surface area contributed by atoms with Crippen LogP contribution in [-0.4, -0.2) is 22.3 Å². The third kappa shape index (κ3) is 2.50. The highest BCUT2D eigenvalue weighted by Crippen LogP contribution is 2.23. The molecule has 0 aliphatic carbocycles. The minimum absolute atomic E-state index is 0.0363. The number of anilines is 1. The highest BCUT2D eigenvalue weighted by Gasteiger charge is 2.19. The van der Waals surface area contributed by atoms with Crippen LogP contribution in [0.3, 0.4) is 0 Å². The van der Waals surface area contributed by atoms with Crippen LogP contribution in [0.25, 0.3) is 10.9 Å². The van der Waals surface area contributed by atoms with Crippen LogP contribution in [0.5, 0.6) is 0 Å². The lowest BCUT2D eigenvalue weighted by molar-refractivity contribution is 0.0743. The number of nitrogens with zero attached hydrogens (tertiary/aromatic N) is 1. The molecule has 0 aliphatic heterocycles. The summed E-state index contributed by atoms with van der Waals surface area (Å²) in [5, 5.41) is 0.845. The molecule has 0 radical (unpaired) electrons. The number of aromatic nitrogens is 1. The highest BCUT2D eigenvalue weighted by molar-refractivity contribution is 6.07. The second-order valence-corrected chi connectivity index (χ2v) is 4.91. The van der Waals surface area contributed by atoms with E-state index in [-0.39, 0.29) is 5.91 Å². The van der Waals surface area contributed by atoms with Gasteiger partial charge in [-0.15, -0.1) is 0 Å². The van der Waals surface area contributed by atoms with E-state index in [1.807, 2.05) is 37.3 Å². The van der Waals surface area contributed by atoms with Gasteiger partial charge in [-0.3, -0.25) is 4.79 Å². The van der Waals surface area contributed by atoms with Crippen molar-refractivity contribution < 1.29 is 9.21 Å². The van der Waals surface area contributed by atoms with Crippen LogP contribution in [0.4, 0.5) is 5.69 Å². The molecule has 0 saturated carbocycles. The molecule has 0 aliphatic rings. The van der Waals surface area contributed by atoms with Crippen molar-refractivity contribution in [2.75, 3.05) is 12.3 Å². The Morgan fingerprint density at radius 2 is 2.24 bits per heavy atom. The molecule has 5 nitrogen and oxygen atoms in total. The minimum Gasteiger partial charge on any atom is -0.467 e. The average Bonchev–Trinajstić information content (AvgIpc) is 3.13. The first kappa shape index (κ1) is 13.3. The average molecular weight is 283 g/mol. The van der Waals surface area contributed by atoms with E-state index in [1.54, 1.807) is 17.4 Å². The number of aromatic amines is 1. The molecule has 0 spiro atoms. The molecule has 2 heterocycles. The molecule has 3 N–H and O–H groups in total. The maximum Gasteiger partial charge on any atom is 0.256 e. The number of amides is 1. The third-order valence-electron chi connectivity index (χ3n) is 3.53. The molecule has 0 atom stereocenters. The van der Waals surface area contributed by atoms with Gasteiger partial charge in [-0.1, -0.05) is 0 Å². The molecule has 21 heavy (non-hydrogen) atoms. The van der Waals surface area contributed by atoms with Crippen molar-refractivity contribution >= 4 is 22.5 Å². The molecule has 0 fully saturated rings. The zero-order valence-electron chi connectivity index (χ0n) is 11.8. The summed E-state index contributed by atoms with van der Waals surface area (Å²) in [6, 6.07) is 9.20. The van der Waals surface area contributed by atoms with Gasteiger partial charge in [0.2, 0.25) is 0 Å². The smallest absolute Gasteiger partial charge is 0.256 e. The molecule has 0 unspecified atom stereocenters. The van der Waals surface area contributed by atoms with E-state index in [4.69, 9.17) is 10.2 Å². The highest BCUT2D eigenvalue weighted by atomic mass is 16.3. The van der Waals surface area contributed by atoms with Crippen molar-refractivity contribution in [1.29, 1.82) is 0 Å². The van der Waals surface area contributed by atoms with Gasteiger partial charge in [0.25, 0.3) is 5.91 Å². The lowest BCUT2D eigenvalue weighted by Gasteiger charge is -2.19. The van der Waals surface area contributed by atoms with E-state index in [9.17, 15) is 4.79 Å². The zero-order chi connectivity index (χ0) is 14.8. The quantitative estimate of drug-likeness (QED) is 0.723. The topological polar surface area (TPSA) is 75.3 Å². The largest absolute Gasteiger partial charge is 0.467 e. The number of rotatable bonds is 4. The van der Waals surface area contributed by atoms with Crippen molar-refractivity contribution in [3.63, 3.8) is 0 Å². The van der Waals surface area contributed by atoms with E-state index < -0.39 is 0 Å². The lowest BCUT2D eigenvalue weighted by Crippen LogP contribution is -2.30. The Bertz CT molecular complexity index is 759. The number of nitrogens with one attached hydrogen (secondary N) is 1. The molecule has 0 bridgehead atoms. The van der Waals surface area contributed by atoms with Gasteiger partial charge in [0.05, 0.1) is 18.4 Å². The van der Waals surface area contributed by atoms with Crippen LogP contribution in [0.15, 0.2) is 47.2 Å². The van der Waals surface area contributed by atoms with Gasteiger partial charge >= 0.3 is 0 Å². The van der Waals surface area contributed by atoms with Gasteiger partial charge in [0.1, 0.15) is 5.76 Å². The monoisotopic (exact) mass is 283 g/mol. The minimum atomic E-state index is -0.0363. The van der Waals surface area contributed by atoms with Gasteiger partial charge in [-0.25, -0.2) is 0 Å². The number of H-pyrrole nitrogens is 1. The molecule has 5 heteroatoms. The lowest BCUT2D eigenvalue weighted by atomic mass is 10.1. The summed E-state index contributed by atoms with van der Waals surface area (Å²) in [7, 11) is 0. The van der Waals surface area contributed by atoms with E-state index in [0.717, 1.165) is 16.7 Å². The van der Waals surface area contributed by atoms with E-state index in [0.29, 0.717) is 24.3 Å². The molecule has 1 amide bonds. The predicted molar refractivity (Wildman–Crippen MR) is 81.8 cm³/mol. The fraction of sp³-hybridized carbons (Fsp3) is 0.188. The first-order chi connectivity index (χ1) is 10.2. The van der Waals surface area contributed by atoms with Crippen molar-refractivity contribution in [3.8, 4) is 0 Å². The van der Waals surface area contributed by atoms with Gasteiger partial charge in [-0.05, 0) is 37.3 Å². The maximum atomic E-state index is 12.7. The van der Waals surface area contributed by atoms with Crippen LogP contribution < -0.4 is 5.73 Å². The number of nitrogen functional groups attached to an aromatic ring is 1. The zero-order valence-corrected chi connectivity index (χ0v) is 11.8. The Labute approximate surface area is 122 Å². The normalized spacial score (nSPS) is 10.9. The first-order valence-corrected chi connectivity index (χ1v) is 6.87. The Balaban J connectivity index is 1.93. The van der Waals surface area contributed by atoms with Crippen molar-refractivity contribution in [2.45, 2.75) is 13.5 Å². The van der Waals surface area contributed by atoms with Crippen LogP contribution in [0, 0.1) is 0 Å². The van der Waals surface area contributed by atoms with Gasteiger partial charge in [-0.2, -0.15) is 0 Å². The fourth-order valence-electron chi connectivity index (χ4n) is 2.40.